The molecule has 0 amide bonds. The van der Waals surface area contributed by atoms with Gasteiger partial charge in [-0.3, -0.25) is 0 Å². The van der Waals surface area contributed by atoms with Crippen LogP contribution in [0, 0.1) is 5.92 Å². The molecule has 0 bridgehead atoms. The van der Waals surface area contributed by atoms with Crippen LogP contribution in [0.3, 0.4) is 0 Å². The maximum absolute atomic E-state index is 9.98. The standard InChI is InChI=1S/C14H20N4OS/c1-3-9-6-10-12(16-7-11(19)8-4-5-8)17-14(15-2)18-13(10)20-9/h6,8,11,19H,3-5,7H2,1-2H3,(H2,15,16,17,18). The molecule has 1 fully saturated rings. The molecule has 3 rings (SSSR count). The van der Waals surface area contributed by atoms with Gasteiger partial charge in [0, 0.05) is 18.5 Å². The lowest BCUT2D eigenvalue weighted by molar-refractivity contribution is 0.164. The van der Waals surface area contributed by atoms with Crippen molar-refractivity contribution in [1.29, 1.82) is 0 Å². The first-order valence-electron chi connectivity index (χ1n) is 7.11. The van der Waals surface area contributed by atoms with Gasteiger partial charge in [-0.2, -0.15) is 4.98 Å². The van der Waals surface area contributed by atoms with Crippen LogP contribution < -0.4 is 10.6 Å². The third-order valence-electron chi connectivity index (χ3n) is 3.66. The van der Waals surface area contributed by atoms with Crippen molar-refractivity contribution in [3.05, 3.63) is 10.9 Å². The number of rotatable bonds is 6. The number of anilines is 2. The molecule has 1 atom stereocenters. The first-order chi connectivity index (χ1) is 9.71. The fourth-order valence-electron chi connectivity index (χ4n) is 2.24. The highest BCUT2D eigenvalue weighted by Gasteiger charge is 2.29. The van der Waals surface area contributed by atoms with Crippen LogP contribution in [-0.4, -0.2) is 34.8 Å². The number of hydrogen-bond acceptors (Lipinski definition) is 6. The molecule has 108 valence electrons. The van der Waals surface area contributed by atoms with E-state index in [0.29, 0.717) is 18.4 Å². The summed E-state index contributed by atoms with van der Waals surface area (Å²) < 4.78 is 0. The Kier molecular flexibility index (Phi) is 3.76. The lowest BCUT2D eigenvalue weighted by Crippen LogP contribution is -2.22. The van der Waals surface area contributed by atoms with Crippen molar-refractivity contribution in [3.63, 3.8) is 0 Å². The Labute approximate surface area is 122 Å². The second-order valence-electron chi connectivity index (χ2n) is 5.22. The van der Waals surface area contributed by atoms with E-state index in [2.05, 4.69) is 33.6 Å². The van der Waals surface area contributed by atoms with Gasteiger partial charge in [0.2, 0.25) is 5.95 Å². The van der Waals surface area contributed by atoms with Crippen molar-refractivity contribution >= 4 is 33.3 Å². The molecular weight excluding hydrogens is 272 g/mol. The SMILES string of the molecule is CCc1cc2c(NCC(O)C3CC3)nc(NC)nc2s1. The number of aryl methyl sites for hydroxylation is 1. The van der Waals surface area contributed by atoms with Crippen LogP contribution in [-0.2, 0) is 6.42 Å². The molecule has 0 aromatic carbocycles. The van der Waals surface area contributed by atoms with Crippen LogP contribution in [0.15, 0.2) is 6.07 Å². The quantitative estimate of drug-likeness (QED) is 0.763. The zero-order chi connectivity index (χ0) is 14.1. The summed E-state index contributed by atoms with van der Waals surface area (Å²) in [6.07, 6.45) is 3.01. The number of nitrogens with zero attached hydrogens (tertiary/aromatic N) is 2. The summed E-state index contributed by atoms with van der Waals surface area (Å²) in [6.45, 7) is 2.69. The molecule has 2 aromatic rings. The highest BCUT2D eigenvalue weighted by Crippen LogP contribution is 2.34. The average Bonchev–Trinajstić information content (AvgIpc) is 3.23. The average molecular weight is 292 g/mol. The fraction of sp³-hybridized carbons (Fsp3) is 0.571. The molecule has 3 N–H and O–H groups in total. The van der Waals surface area contributed by atoms with E-state index in [1.807, 2.05) is 7.05 Å². The van der Waals surface area contributed by atoms with Gasteiger partial charge in [0.25, 0.3) is 0 Å². The monoisotopic (exact) mass is 292 g/mol. The van der Waals surface area contributed by atoms with Crippen molar-refractivity contribution in [2.24, 2.45) is 5.92 Å². The highest BCUT2D eigenvalue weighted by atomic mass is 32.1. The van der Waals surface area contributed by atoms with Crippen molar-refractivity contribution in [1.82, 2.24) is 9.97 Å². The zero-order valence-corrected chi connectivity index (χ0v) is 12.6. The number of nitrogens with one attached hydrogen (secondary N) is 2. The minimum atomic E-state index is -0.276. The topological polar surface area (TPSA) is 70.1 Å². The molecule has 6 heteroatoms. The van der Waals surface area contributed by atoms with E-state index in [1.165, 1.54) is 4.88 Å². The van der Waals surface area contributed by atoms with Crippen LogP contribution in [0.4, 0.5) is 11.8 Å². The van der Waals surface area contributed by atoms with Crippen LogP contribution in [0.5, 0.6) is 0 Å². The molecule has 2 heterocycles. The number of fused-ring (bicyclic) bond motifs is 1. The normalized spacial score (nSPS) is 16.4. The molecular formula is C14H20N4OS. The van der Waals surface area contributed by atoms with Gasteiger partial charge < -0.3 is 15.7 Å². The van der Waals surface area contributed by atoms with Gasteiger partial charge in [-0.15, -0.1) is 11.3 Å². The van der Waals surface area contributed by atoms with Crippen molar-refractivity contribution in [2.45, 2.75) is 32.3 Å². The Bertz CT molecular complexity index is 608. The summed E-state index contributed by atoms with van der Waals surface area (Å²) in [5, 5.41) is 17.3. The van der Waals surface area contributed by atoms with Crippen molar-refractivity contribution in [2.75, 3.05) is 24.2 Å². The molecule has 5 nitrogen and oxygen atoms in total. The third kappa shape index (κ3) is 2.71. The van der Waals surface area contributed by atoms with E-state index < -0.39 is 0 Å². The predicted octanol–water partition coefficient (Wildman–Crippen LogP) is 2.48. The second kappa shape index (κ2) is 5.54. The van der Waals surface area contributed by atoms with Gasteiger partial charge >= 0.3 is 0 Å². The smallest absolute Gasteiger partial charge is 0.225 e. The minimum absolute atomic E-state index is 0.276. The number of aliphatic hydroxyl groups excluding tert-OH is 1. The minimum Gasteiger partial charge on any atom is -0.391 e. The van der Waals surface area contributed by atoms with Crippen LogP contribution >= 0.6 is 11.3 Å². The van der Waals surface area contributed by atoms with Crippen molar-refractivity contribution < 1.29 is 5.11 Å². The Hall–Kier alpha value is -1.40. The molecule has 0 saturated heterocycles. The maximum Gasteiger partial charge on any atom is 0.225 e. The Morgan fingerprint density at radius 2 is 2.25 bits per heavy atom. The van der Waals surface area contributed by atoms with Gasteiger partial charge in [-0.1, -0.05) is 6.92 Å². The van der Waals surface area contributed by atoms with E-state index in [-0.39, 0.29) is 6.10 Å². The van der Waals surface area contributed by atoms with Gasteiger partial charge in [0.05, 0.1) is 11.5 Å². The zero-order valence-electron chi connectivity index (χ0n) is 11.8. The van der Waals surface area contributed by atoms with E-state index in [9.17, 15) is 5.11 Å². The third-order valence-corrected chi connectivity index (χ3v) is 4.83. The summed E-state index contributed by atoms with van der Waals surface area (Å²) in [6, 6.07) is 2.14. The van der Waals surface area contributed by atoms with E-state index >= 15 is 0 Å². The number of aromatic nitrogens is 2. The molecule has 1 aliphatic rings. The summed E-state index contributed by atoms with van der Waals surface area (Å²) in [7, 11) is 1.82. The highest BCUT2D eigenvalue weighted by molar-refractivity contribution is 7.18. The molecule has 1 unspecified atom stereocenters. The van der Waals surface area contributed by atoms with Crippen LogP contribution in [0.1, 0.15) is 24.6 Å². The Morgan fingerprint density at radius 1 is 1.45 bits per heavy atom. The van der Waals surface area contributed by atoms with Gasteiger partial charge in [-0.05, 0) is 31.2 Å². The van der Waals surface area contributed by atoms with Crippen LogP contribution in [0.25, 0.3) is 10.2 Å². The Morgan fingerprint density at radius 3 is 2.90 bits per heavy atom. The van der Waals surface area contributed by atoms with Gasteiger partial charge in [-0.25, -0.2) is 4.98 Å². The Balaban J connectivity index is 1.87. The van der Waals surface area contributed by atoms with Gasteiger partial charge in [0.1, 0.15) is 10.6 Å². The molecule has 1 aliphatic carbocycles. The first-order valence-corrected chi connectivity index (χ1v) is 7.93. The van der Waals surface area contributed by atoms with Crippen LogP contribution in [0.2, 0.25) is 0 Å². The summed E-state index contributed by atoms with van der Waals surface area (Å²) >= 11 is 1.70. The molecule has 0 radical (unpaired) electrons. The van der Waals surface area contributed by atoms with E-state index in [0.717, 1.165) is 35.3 Å². The van der Waals surface area contributed by atoms with Crippen molar-refractivity contribution in [3.8, 4) is 0 Å². The molecule has 1 saturated carbocycles. The first kappa shape index (κ1) is 13.6. The molecule has 20 heavy (non-hydrogen) atoms. The molecule has 2 aromatic heterocycles. The molecule has 0 spiro atoms. The summed E-state index contributed by atoms with van der Waals surface area (Å²) in [5.74, 6) is 1.90. The van der Waals surface area contributed by atoms with E-state index in [1.54, 1.807) is 11.3 Å². The largest absolute Gasteiger partial charge is 0.391 e. The number of aliphatic hydroxyl groups is 1. The summed E-state index contributed by atoms with van der Waals surface area (Å²) in [4.78, 5) is 11.3. The summed E-state index contributed by atoms with van der Waals surface area (Å²) in [5.41, 5.74) is 0. The maximum atomic E-state index is 9.98. The lowest BCUT2D eigenvalue weighted by Gasteiger charge is -2.12. The number of hydrogen-bond donors (Lipinski definition) is 3. The fourth-order valence-corrected chi connectivity index (χ4v) is 3.21. The second-order valence-corrected chi connectivity index (χ2v) is 6.33. The lowest BCUT2D eigenvalue weighted by atomic mass is 10.2. The molecule has 0 aliphatic heterocycles. The van der Waals surface area contributed by atoms with E-state index in [4.69, 9.17) is 0 Å². The van der Waals surface area contributed by atoms with Gasteiger partial charge in [0.15, 0.2) is 0 Å². The number of thiophene rings is 1. The predicted molar refractivity (Wildman–Crippen MR) is 83.6 cm³/mol.